The molecule has 2 aliphatic carbocycles. The Hall–Kier alpha value is -0.830. The summed E-state index contributed by atoms with van der Waals surface area (Å²) in [5, 5.41) is 3.75. The van der Waals surface area contributed by atoms with E-state index >= 15 is 0 Å². The Kier molecular flexibility index (Phi) is 4.77. The van der Waals surface area contributed by atoms with Gasteiger partial charge in [0.15, 0.2) is 0 Å². The zero-order valence-corrected chi connectivity index (χ0v) is 12.9. The molecule has 3 nitrogen and oxygen atoms in total. The molecule has 0 bridgehead atoms. The maximum absolute atomic E-state index is 4.62. The van der Waals surface area contributed by atoms with Crippen molar-refractivity contribution in [1.82, 2.24) is 14.9 Å². The third kappa shape index (κ3) is 3.08. The van der Waals surface area contributed by atoms with E-state index < -0.39 is 0 Å². The summed E-state index contributed by atoms with van der Waals surface area (Å²) in [4.78, 5) is 4.62. The minimum Gasteiger partial charge on any atom is -0.334 e. The fourth-order valence-electron chi connectivity index (χ4n) is 4.01. The number of fused-ring (bicyclic) bond motifs is 1. The summed E-state index contributed by atoms with van der Waals surface area (Å²) in [6, 6.07) is 0.772. The normalized spacial score (nSPS) is 25.9. The summed E-state index contributed by atoms with van der Waals surface area (Å²) in [6.07, 6.45) is 14.0. The highest BCUT2D eigenvalue weighted by Crippen LogP contribution is 2.29. The Morgan fingerprint density at radius 3 is 3.05 bits per heavy atom. The van der Waals surface area contributed by atoms with Gasteiger partial charge in [-0.3, -0.25) is 0 Å². The number of nitrogens with zero attached hydrogens (tertiary/aromatic N) is 2. The molecule has 0 aromatic carbocycles. The number of rotatable bonds is 6. The Morgan fingerprint density at radius 1 is 1.25 bits per heavy atom. The number of hydrogen-bond acceptors (Lipinski definition) is 2. The summed E-state index contributed by atoms with van der Waals surface area (Å²) in [5.41, 5.74) is 2.91. The predicted molar refractivity (Wildman–Crippen MR) is 82.9 cm³/mol. The number of aromatic nitrogens is 2. The van der Waals surface area contributed by atoms with Crippen molar-refractivity contribution >= 4 is 0 Å². The summed E-state index contributed by atoms with van der Waals surface area (Å²) in [6.45, 7) is 4.62. The Morgan fingerprint density at radius 2 is 2.15 bits per heavy atom. The first-order valence-electron chi connectivity index (χ1n) is 8.64. The quantitative estimate of drug-likeness (QED) is 0.863. The van der Waals surface area contributed by atoms with Crippen LogP contribution >= 0.6 is 0 Å². The van der Waals surface area contributed by atoms with Gasteiger partial charge < -0.3 is 9.88 Å². The van der Waals surface area contributed by atoms with E-state index in [0.717, 1.165) is 12.0 Å². The van der Waals surface area contributed by atoms with Crippen molar-refractivity contribution in [3.8, 4) is 0 Å². The highest BCUT2D eigenvalue weighted by atomic mass is 15.1. The first-order valence-corrected chi connectivity index (χ1v) is 8.64. The van der Waals surface area contributed by atoms with Gasteiger partial charge in [-0.2, -0.15) is 0 Å². The second-order valence-corrected chi connectivity index (χ2v) is 6.58. The summed E-state index contributed by atoms with van der Waals surface area (Å²) in [7, 11) is 0. The second kappa shape index (κ2) is 6.75. The Balaban J connectivity index is 1.55. The van der Waals surface area contributed by atoms with Crippen LogP contribution in [0.4, 0.5) is 0 Å². The molecular formula is C17H29N3. The van der Waals surface area contributed by atoms with Crippen LogP contribution in [0.1, 0.15) is 63.3 Å². The smallest absolute Gasteiger partial charge is 0.0951 e. The van der Waals surface area contributed by atoms with E-state index in [1.54, 1.807) is 0 Å². The van der Waals surface area contributed by atoms with Gasteiger partial charge in [0.05, 0.1) is 12.0 Å². The van der Waals surface area contributed by atoms with Gasteiger partial charge in [0.2, 0.25) is 0 Å². The van der Waals surface area contributed by atoms with Crippen LogP contribution in [0.3, 0.4) is 0 Å². The van der Waals surface area contributed by atoms with Gasteiger partial charge in [-0.1, -0.05) is 13.3 Å². The Labute approximate surface area is 123 Å². The van der Waals surface area contributed by atoms with E-state index in [0.29, 0.717) is 0 Å². The minimum atomic E-state index is 0.772. The zero-order chi connectivity index (χ0) is 13.8. The molecule has 0 aliphatic heterocycles. The highest BCUT2D eigenvalue weighted by Gasteiger charge is 2.26. The summed E-state index contributed by atoms with van der Waals surface area (Å²) in [5.74, 6) is 0.878. The lowest BCUT2D eigenvalue weighted by molar-refractivity contribution is 0.359. The predicted octanol–water partition coefficient (Wildman–Crippen LogP) is 3.32. The molecule has 1 saturated carbocycles. The van der Waals surface area contributed by atoms with Crippen LogP contribution in [-0.4, -0.2) is 22.1 Å². The molecule has 1 N–H and O–H groups in total. The van der Waals surface area contributed by atoms with E-state index in [2.05, 4.69) is 28.1 Å². The fourth-order valence-corrected chi connectivity index (χ4v) is 4.01. The van der Waals surface area contributed by atoms with Crippen molar-refractivity contribution in [3.63, 3.8) is 0 Å². The maximum atomic E-state index is 4.62. The van der Waals surface area contributed by atoms with E-state index in [9.17, 15) is 0 Å². The molecule has 2 atom stereocenters. The van der Waals surface area contributed by atoms with Gasteiger partial charge in [-0.25, -0.2) is 4.98 Å². The van der Waals surface area contributed by atoms with Crippen LogP contribution in [0, 0.1) is 5.92 Å². The summed E-state index contributed by atoms with van der Waals surface area (Å²) >= 11 is 0. The number of imidazole rings is 1. The second-order valence-electron chi connectivity index (χ2n) is 6.58. The molecule has 1 fully saturated rings. The van der Waals surface area contributed by atoms with Crippen molar-refractivity contribution < 1.29 is 0 Å². The van der Waals surface area contributed by atoms with Crippen LogP contribution in [0.2, 0.25) is 0 Å². The molecule has 2 aliphatic rings. The average Bonchev–Trinajstić information content (AvgIpc) is 3.09. The highest BCUT2D eigenvalue weighted by molar-refractivity contribution is 5.16. The van der Waals surface area contributed by atoms with Crippen molar-refractivity contribution in [2.75, 3.05) is 6.54 Å². The maximum Gasteiger partial charge on any atom is 0.0951 e. The molecule has 20 heavy (non-hydrogen) atoms. The average molecular weight is 275 g/mol. The number of hydrogen-bond donors (Lipinski definition) is 1. The lowest BCUT2D eigenvalue weighted by Gasteiger charge is -2.22. The standard InChI is InChI=1S/C17H29N3/c1-2-11-18-15-8-5-6-14(15)10-12-20-13-19-16-7-3-4-9-17(16)20/h13-15,18H,2-12H2,1H3. The van der Waals surface area contributed by atoms with Crippen molar-refractivity contribution in [2.24, 2.45) is 5.92 Å². The Bertz CT molecular complexity index is 424. The van der Waals surface area contributed by atoms with Crippen LogP contribution < -0.4 is 5.32 Å². The van der Waals surface area contributed by atoms with Crippen LogP contribution in [0.15, 0.2) is 6.33 Å². The molecule has 1 heterocycles. The van der Waals surface area contributed by atoms with E-state index in [4.69, 9.17) is 0 Å². The van der Waals surface area contributed by atoms with Gasteiger partial charge in [-0.05, 0) is 63.8 Å². The van der Waals surface area contributed by atoms with Crippen LogP contribution in [-0.2, 0) is 19.4 Å². The minimum absolute atomic E-state index is 0.772. The van der Waals surface area contributed by atoms with E-state index in [1.165, 1.54) is 82.3 Å². The van der Waals surface area contributed by atoms with E-state index in [1.807, 2.05) is 0 Å². The molecule has 1 aromatic rings. The molecule has 0 amide bonds. The summed E-state index contributed by atoms with van der Waals surface area (Å²) < 4.78 is 2.45. The van der Waals surface area contributed by atoms with E-state index in [-0.39, 0.29) is 0 Å². The third-order valence-corrected chi connectivity index (χ3v) is 5.17. The van der Waals surface area contributed by atoms with Gasteiger partial charge in [0.1, 0.15) is 0 Å². The van der Waals surface area contributed by atoms with Gasteiger partial charge >= 0.3 is 0 Å². The zero-order valence-electron chi connectivity index (χ0n) is 12.9. The fraction of sp³-hybridized carbons (Fsp3) is 0.824. The van der Waals surface area contributed by atoms with Crippen molar-refractivity contribution in [1.29, 1.82) is 0 Å². The lowest BCUT2D eigenvalue weighted by Crippen LogP contribution is -2.33. The molecule has 3 heteroatoms. The number of nitrogens with one attached hydrogen (secondary N) is 1. The molecule has 0 radical (unpaired) electrons. The monoisotopic (exact) mass is 275 g/mol. The third-order valence-electron chi connectivity index (χ3n) is 5.17. The van der Waals surface area contributed by atoms with Gasteiger partial charge in [-0.15, -0.1) is 0 Å². The largest absolute Gasteiger partial charge is 0.334 e. The molecule has 2 unspecified atom stereocenters. The first-order chi connectivity index (χ1) is 9.88. The molecule has 0 saturated heterocycles. The van der Waals surface area contributed by atoms with Crippen molar-refractivity contribution in [3.05, 3.63) is 17.7 Å². The van der Waals surface area contributed by atoms with Crippen LogP contribution in [0.25, 0.3) is 0 Å². The molecule has 0 spiro atoms. The van der Waals surface area contributed by atoms with Gasteiger partial charge in [0, 0.05) is 18.3 Å². The van der Waals surface area contributed by atoms with Gasteiger partial charge in [0.25, 0.3) is 0 Å². The lowest BCUT2D eigenvalue weighted by atomic mass is 9.98. The molecular weight excluding hydrogens is 246 g/mol. The SMILES string of the molecule is CCCNC1CCCC1CCn1cnc2c1CCCC2. The van der Waals surface area contributed by atoms with Crippen LogP contribution in [0.5, 0.6) is 0 Å². The molecule has 1 aromatic heterocycles. The molecule has 112 valence electrons. The number of aryl methyl sites for hydroxylation is 2. The first kappa shape index (κ1) is 14.1. The molecule has 3 rings (SSSR count). The topological polar surface area (TPSA) is 29.9 Å². The van der Waals surface area contributed by atoms with Crippen molar-refractivity contribution in [2.45, 2.75) is 77.3 Å².